The van der Waals surface area contributed by atoms with Crippen molar-refractivity contribution in [1.29, 1.82) is 0 Å². The van der Waals surface area contributed by atoms with Crippen LogP contribution in [0.2, 0.25) is 0 Å². The van der Waals surface area contributed by atoms with Crippen molar-refractivity contribution in [2.45, 2.75) is 19.9 Å². The lowest BCUT2D eigenvalue weighted by Gasteiger charge is -2.10. The number of thiazole rings is 1. The van der Waals surface area contributed by atoms with E-state index in [1.54, 1.807) is 25.6 Å². The van der Waals surface area contributed by atoms with Gasteiger partial charge in [0.2, 0.25) is 0 Å². The third-order valence-electron chi connectivity index (χ3n) is 4.03. The minimum absolute atomic E-state index is 0.769. The maximum absolute atomic E-state index is 5.21. The molecule has 0 bridgehead atoms. The van der Waals surface area contributed by atoms with Crippen molar-refractivity contribution in [3.63, 3.8) is 0 Å². The molecule has 0 aliphatic carbocycles. The van der Waals surface area contributed by atoms with Crippen LogP contribution in [0.1, 0.15) is 12.1 Å². The molecule has 0 radical (unpaired) electrons. The monoisotopic (exact) mass is 342 g/mol. The van der Waals surface area contributed by atoms with Gasteiger partial charge in [-0.05, 0) is 49.7 Å². The molecule has 0 unspecified atom stereocenters. The van der Waals surface area contributed by atoms with Crippen molar-refractivity contribution in [2.24, 2.45) is 0 Å². The summed E-state index contributed by atoms with van der Waals surface area (Å²) in [5, 5.41) is 3.15. The van der Waals surface area contributed by atoms with Crippen LogP contribution >= 0.6 is 11.3 Å². The van der Waals surface area contributed by atoms with Gasteiger partial charge in [-0.1, -0.05) is 0 Å². The average Bonchev–Trinajstić information content (AvgIpc) is 3.23. The number of rotatable bonds is 7. The van der Waals surface area contributed by atoms with E-state index in [-0.39, 0.29) is 0 Å². The molecule has 2 aromatic heterocycles. The van der Waals surface area contributed by atoms with E-state index in [1.807, 2.05) is 24.3 Å². The normalized spacial score (nSPS) is 11.0. The zero-order chi connectivity index (χ0) is 16.9. The van der Waals surface area contributed by atoms with E-state index in [0.29, 0.717) is 0 Å². The topological polar surface area (TPSA) is 36.3 Å². The Labute approximate surface area is 146 Å². The highest BCUT2D eigenvalue weighted by Gasteiger charge is 2.12. The van der Waals surface area contributed by atoms with E-state index in [1.165, 1.54) is 11.4 Å². The fourth-order valence-corrected chi connectivity index (χ4v) is 3.53. The Bertz CT molecular complexity index is 790. The van der Waals surface area contributed by atoms with Crippen LogP contribution in [0, 0.1) is 6.92 Å². The minimum atomic E-state index is 0.769. The lowest BCUT2D eigenvalue weighted by atomic mass is 10.2. The largest absolute Gasteiger partial charge is 0.497 e. The Balaban J connectivity index is 1.85. The molecule has 1 aromatic carbocycles. The smallest absolute Gasteiger partial charge is 0.124 e. The minimum Gasteiger partial charge on any atom is -0.497 e. The van der Waals surface area contributed by atoms with Gasteiger partial charge in [0.15, 0.2) is 0 Å². The van der Waals surface area contributed by atoms with Gasteiger partial charge in [-0.15, -0.1) is 11.3 Å². The Hall–Kier alpha value is -2.11. The first-order valence-corrected chi connectivity index (χ1v) is 8.86. The van der Waals surface area contributed by atoms with Crippen LogP contribution in [-0.4, -0.2) is 30.4 Å². The van der Waals surface area contributed by atoms with Crippen LogP contribution in [0.3, 0.4) is 0 Å². The first-order valence-electron chi connectivity index (χ1n) is 7.98. The maximum Gasteiger partial charge on any atom is 0.124 e. The van der Waals surface area contributed by atoms with Crippen molar-refractivity contribution >= 4 is 11.3 Å². The summed E-state index contributed by atoms with van der Waals surface area (Å²) in [4.78, 5) is 4.83. The molecular formula is C19H22N2O2S. The number of benzene rings is 1. The number of methoxy groups -OCH3 is 2. The second-order valence-electron chi connectivity index (χ2n) is 5.62. The fraction of sp³-hybridized carbons (Fsp3) is 0.316. The molecular weight excluding hydrogens is 320 g/mol. The van der Waals surface area contributed by atoms with E-state index in [0.717, 1.165) is 41.6 Å². The predicted octanol–water partition coefficient (Wildman–Crippen LogP) is 4.63. The molecule has 0 amide bonds. The molecule has 5 heteroatoms. The number of nitrogens with zero attached hydrogens (tertiary/aromatic N) is 2. The van der Waals surface area contributed by atoms with Crippen molar-refractivity contribution in [2.75, 3.05) is 20.8 Å². The molecule has 0 spiro atoms. The molecule has 3 aromatic rings. The molecule has 4 nitrogen and oxygen atoms in total. The molecule has 3 rings (SSSR count). The molecule has 0 aliphatic rings. The highest BCUT2D eigenvalue weighted by molar-refractivity contribution is 7.13. The number of hydrogen-bond donors (Lipinski definition) is 0. The Morgan fingerprint density at radius 1 is 1.08 bits per heavy atom. The second-order valence-corrected chi connectivity index (χ2v) is 6.48. The summed E-state index contributed by atoms with van der Waals surface area (Å²) >= 11 is 1.67. The predicted molar refractivity (Wildman–Crippen MR) is 98.8 cm³/mol. The number of hydrogen-bond acceptors (Lipinski definition) is 4. The van der Waals surface area contributed by atoms with Gasteiger partial charge in [0, 0.05) is 36.9 Å². The summed E-state index contributed by atoms with van der Waals surface area (Å²) in [6.07, 6.45) is 0.995. The number of ether oxygens (including phenoxy) is 2. The van der Waals surface area contributed by atoms with E-state index < -0.39 is 0 Å². The third kappa shape index (κ3) is 3.52. The number of aryl methyl sites for hydroxylation is 1. The van der Waals surface area contributed by atoms with Crippen LogP contribution in [0.4, 0.5) is 0 Å². The van der Waals surface area contributed by atoms with E-state index in [4.69, 9.17) is 14.5 Å². The van der Waals surface area contributed by atoms with Crippen molar-refractivity contribution in [1.82, 2.24) is 9.55 Å². The molecule has 0 saturated heterocycles. The van der Waals surface area contributed by atoms with Gasteiger partial charge in [0.1, 0.15) is 10.8 Å². The lowest BCUT2D eigenvalue weighted by molar-refractivity contribution is 0.190. The van der Waals surface area contributed by atoms with Crippen molar-refractivity contribution in [3.05, 3.63) is 47.5 Å². The van der Waals surface area contributed by atoms with Crippen LogP contribution in [0.5, 0.6) is 5.75 Å². The van der Waals surface area contributed by atoms with Crippen molar-refractivity contribution < 1.29 is 9.47 Å². The van der Waals surface area contributed by atoms with Gasteiger partial charge in [-0.2, -0.15) is 0 Å². The van der Waals surface area contributed by atoms with Crippen LogP contribution < -0.4 is 4.74 Å². The summed E-state index contributed by atoms with van der Waals surface area (Å²) in [6.45, 7) is 3.84. The molecule has 2 heterocycles. The molecule has 0 fully saturated rings. The highest BCUT2D eigenvalue weighted by Crippen LogP contribution is 2.31. The zero-order valence-corrected chi connectivity index (χ0v) is 15.1. The summed E-state index contributed by atoms with van der Waals surface area (Å²) < 4.78 is 12.7. The lowest BCUT2D eigenvalue weighted by Crippen LogP contribution is -2.04. The fourth-order valence-electron chi connectivity index (χ4n) is 2.71. The van der Waals surface area contributed by atoms with Gasteiger partial charge >= 0.3 is 0 Å². The van der Waals surface area contributed by atoms with E-state index >= 15 is 0 Å². The molecule has 0 saturated carbocycles. The van der Waals surface area contributed by atoms with Crippen LogP contribution in [0.25, 0.3) is 22.0 Å². The molecule has 0 atom stereocenters. The zero-order valence-electron chi connectivity index (χ0n) is 14.3. The van der Waals surface area contributed by atoms with Crippen LogP contribution in [0.15, 0.2) is 41.8 Å². The van der Waals surface area contributed by atoms with Gasteiger partial charge < -0.3 is 14.0 Å². The molecule has 0 N–H and O–H groups in total. The Morgan fingerprint density at radius 3 is 2.58 bits per heavy atom. The van der Waals surface area contributed by atoms with Crippen LogP contribution in [-0.2, 0) is 11.3 Å². The average molecular weight is 342 g/mol. The quantitative estimate of drug-likeness (QED) is 0.587. The van der Waals surface area contributed by atoms with Gasteiger partial charge in [0.25, 0.3) is 0 Å². The molecule has 126 valence electrons. The molecule has 0 aliphatic heterocycles. The van der Waals surface area contributed by atoms with E-state index in [2.05, 4.69) is 29.0 Å². The Kier molecular flexibility index (Phi) is 5.33. The third-order valence-corrected chi connectivity index (χ3v) is 4.92. The number of aromatic nitrogens is 2. The summed E-state index contributed by atoms with van der Waals surface area (Å²) in [6, 6.07) is 12.3. The maximum atomic E-state index is 5.21. The summed E-state index contributed by atoms with van der Waals surface area (Å²) in [5.41, 5.74) is 4.55. The second kappa shape index (κ2) is 7.64. The first-order chi connectivity index (χ1) is 11.7. The summed E-state index contributed by atoms with van der Waals surface area (Å²) in [5.74, 6) is 0.859. The summed E-state index contributed by atoms with van der Waals surface area (Å²) in [7, 11) is 3.42. The first kappa shape index (κ1) is 16.7. The highest BCUT2D eigenvalue weighted by atomic mass is 32.1. The van der Waals surface area contributed by atoms with Gasteiger partial charge in [-0.3, -0.25) is 0 Å². The molecule has 24 heavy (non-hydrogen) atoms. The van der Waals surface area contributed by atoms with Crippen molar-refractivity contribution in [3.8, 4) is 27.7 Å². The van der Waals surface area contributed by atoms with E-state index in [9.17, 15) is 0 Å². The SMILES string of the molecule is COCCCn1c(C)ccc1-c1csc(-c2ccc(OC)cc2)n1. The van der Waals surface area contributed by atoms with Gasteiger partial charge in [0.05, 0.1) is 18.5 Å². The van der Waals surface area contributed by atoms with Gasteiger partial charge in [-0.25, -0.2) is 4.98 Å². The Morgan fingerprint density at radius 2 is 1.88 bits per heavy atom. The standard InChI is InChI=1S/C19H22N2O2S/c1-14-5-10-18(21(14)11-4-12-22-2)17-13-24-19(20-17)15-6-8-16(23-3)9-7-15/h5-10,13H,4,11-12H2,1-3H3.